The van der Waals surface area contributed by atoms with Crippen LogP contribution in [0.2, 0.25) is 0 Å². The molecule has 0 aromatic carbocycles. The molecule has 13 heteroatoms. The second-order valence-electron chi connectivity index (χ2n) is 8.83. The maximum Gasteiger partial charge on any atom is 0.378 e. The molecule has 1 fully saturated rings. The van der Waals surface area contributed by atoms with Crippen LogP contribution in [0.5, 0.6) is 0 Å². The van der Waals surface area contributed by atoms with Gasteiger partial charge in [-0.25, -0.2) is 4.79 Å². The summed E-state index contributed by atoms with van der Waals surface area (Å²) in [5.41, 5.74) is -2.18. The van der Waals surface area contributed by atoms with Gasteiger partial charge >= 0.3 is 5.97 Å². The van der Waals surface area contributed by atoms with Crippen LogP contribution in [-0.2, 0) is 23.7 Å². The Labute approximate surface area is 208 Å². The molecule has 8 atom stereocenters. The fourth-order valence-electron chi connectivity index (χ4n) is 4.00. The van der Waals surface area contributed by atoms with Crippen molar-refractivity contribution in [2.45, 2.75) is 94.0 Å². The Hall–Kier alpha value is -1.81. The zero-order chi connectivity index (χ0) is 26.9. The maximum atomic E-state index is 12.8. The van der Waals surface area contributed by atoms with Crippen LogP contribution in [0, 0.1) is 0 Å². The largest absolute Gasteiger partial charge is 0.461 e. The molecule has 2 heterocycles. The van der Waals surface area contributed by atoms with E-state index in [0.29, 0.717) is 6.42 Å². The fraction of sp³-hybridized carbons (Fsp3) is 0.783. The van der Waals surface area contributed by atoms with Gasteiger partial charge in [-0.3, -0.25) is 0 Å². The minimum atomic E-state index is -2.18. The zero-order valence-electron chi connectivity index (χ0n) is 20.2. The van der Waals surface area contributed by atoms with Crippen LogP contribution in [0.15, 0.2) is 23.9 Å². The summed E-state index contributed by atoms with van der Waals surface area (Å²) in [6, 6.07) is 0. The molecule has 0 aliphatic carbocycles. The Balaban J connectivity index is 2.41. The normalized spacial score (nSPS) is 32.6. The summed E-state index contributed by atoms with van der Waals surface area (Å²) in [5.74, 6) is -2.38. The lowest BCUT2D eigenvalue weighted by Crippen LogP contribution is -2.59. The topological polar surface area (TPSA) is 216 Å². The number of allylic oxidation sites excluding steroid dienone is 1. The number of aliphatic hydroxyl groups is 8. The van der Waals surface area contributed by atoms with Gasteiger partial charge in [-0.2, -0.15) is 0 Å². The van der Waals surface area contributed by atoms with Crippen LogP contribution >= 0.6 is 0 Å². The van der Waals surface area contributed by atoms with E-state index < -0.39 is 92.2 Å². The zero-order valence-corrected chi connectivity index (χ0v) is 20.2. The molecule has 208 valence electrons. The molecule has 0 saturated carbocycles. The van der Waals surface area contributed by atoms with E-state index in [9.17, 15) is 45.6 Å². The van der Waals surface area contributed by atoms with Crippen molar-refractivity contribution < 1.29 is 64.6 Å². The SMILES string of the molecule is CCCCCCC=COC1=C(OC2O[C@H](CO)[C@@H](O)[C@H](O)[C@H]2O)C(=O)O[C@]1(CC(O)CO)[C@@H](O)CO. The predicted molar refractivity (Wildman–Crippen MR) is 120 cm³/mol. The van der Waals surface area contributed by atoms with Crippen LogP contribution in [0.25, 0.3) is 0 Å². The Morgan fingerprint density at radius 3 is 2.36 bits per heavy atom. The van der Waals surface area contributed by atoms with Crippen LogP contribution < -0.4 is 0 Å². The Kier molecular flexibility index (Phi) is 12.0. The number of carbonyl (C=O) groups is 1. The monoisotopic (exact) mass is 522 g/mol. The predicted octanol–water partition coefficient (Wildman–Crippen LogP) is -2.09. The number of hydrogen-bond donors (Lipinski definition) is 8. The molecule has 8 N–H and O–H groups in total. The molecule has 0 aromatic heterocycles. The third kappa shape index (κ3) is 6.94. The van der Waals surface area contributed by atoms with Gasteiger partial charge in [0.25, 0.3) is 5.76 Å². The van der Waals surface area contributed by atoms with Crippen molar-refractivity contribution in [3.8, 4) is 0 Å². The van der Waals surface area contributed by atoms with E-state index in [1.54, 1.807) is 6.08 Å². The fourth-order valence-corrected chi connectivity index (χ4v) is 4.00. The van der Waals surface area contributed by atoms with Crippen molar-refractivity contribution in [2.75, 3.05) is 19.8 Å². The number of aliphatic hydroxyl groups excluding tert-OH is 8. The van der Waals surface area contributed by atoms with Gasteiger partial charge in [-0.1, -0.05) is 26.2 Å². The minimum Gasteiger partial charge on any atom is -0.461 e. The summed E-state index contributed by atoms with van der Waals surface area (Å²) < 4.78 is 21.7. The van der Waals surface area contributed by atoms with Crippen LogP contribution in [0.4, 0.5) is 0 Å². The number of ether oxygens (including phenoxy) is 4. The van der Waals surface area contributed by atoms with Gasteiger partial charge in [-0.15, -0.1) is 0 Å². The van der Waals surface area contributed by atoms with Gasteiger partial charge in [-0.05, 0) is 18.9 Å². The molecule has 0 radical (unpaired) electrons. The molecule has 1 saturated heterocycles. The number of carbonyl (C=O) groups excluding carboxylic acids is 1. The van der Waals surface area contributed by atoms with Crippen molar-refractivity contribution >= 4 is 5.97 Å². The third-order valence-corrected chi connectivity index (χ3v) is 6.10. The standard InChI is InChI=1S/C23H38O13/c1-2-3-4-5-6-7-8-33-20-19(35-22-18(31)17(30)16(29)14(11-25)34-22)21(32)36-23(20,15(28)12-26)9-13(27)10-24/h7-8,13-18,22,24-31H,2-6,9-12H2,1H3/t13?,14-,15+,16-,17+,18-,22?,23-/m1/s1. The van der Waals surface area contributed by atoms with Crippen molar-refractivity contribution in [3.05, 3.63) is 23.9 Å². The first-order valence-electron chi connectivity index (χ1n) is 12.0. The first-order chi connectivity index (χ1) is 17.2. The van der Waals surface area contributed by atoms with E-state index >= 15 is 0 Å². The van der Waals surface area contributed by atoms with E-state index in [1.807, 2.05) is 0 Å². The number of cyclic esters (lactones) is 1. The lowest BCUT2D eigenvalue weighted by molar-refractivity contribution is -0.291. The number of rotatable bonds is 15. The van der Waals surface area contributed by atoms with Gasteiger partial charge in [0.1, 0.15) is 30.5 Å². The van der Waals surface area contributed by atoms with Crippen LogP contribution in [-0.4, -0.2) is 115 Å². The van der Waals surface area contributed by atoms with E-state index in [-0.39, 0.29) is 0 Å². The van der Waals surface area contributed by atoms with E-state index in [1.165, 1.54) is 6.26 Å². The lowest BCUT2D eigenvalue weighted by atomic mass is 9.88. The highest BCUT2D eigenvalue weighted by molar-refractivity contribution is 5.90. The van der Waals surface area contributed by atoms with Crippen LogP contribution in [0.1, 0.15) is 45.4 Å². The average molecular weight is 523 g/mol. The highest BCUT2D eigenvalue weighted by atomic mass is 16.7. The highest BCUT2D eigenvalue weighted by Gasteiger charge is 2.58. The first-order valence-corrected chi connectivity index (χ1v) is 12.0. The second kappa shape index (κ2) is 14.2. The third-order valence-electron chi connectivity index (χ3n) is 6.10. The summed E-state index contributed by atoms with van der Waals surface area (Å²) >= 11 is 0. The Morgan fingerprint density at radius 2 is 1.75 bits per heavy atom. The molecule has 2 aliphatic heterocycles. The van der Waals surface area contributed by atoms with Gasteiger partial charge in [0.15, 0.2) is 5.76 Å². The van der Waals surface area contributed by atoms with Gasteiger partial charge < -0.3 is 59.8 Å². The van der Waals surface area contributed by atoms with E-state index in [4.69, 9.17) is 18.9 Å². The molecule has 0 spiro atoms. The molecular formula is C23H38O13. The van der Waals surface area contributed by atoms with Crippen molar-refractivity contribution in [1.29, 1.82) is 0 Å². The Bertz CT molecular complexity index is 754. The molecule has 0 aromatic rings. The second-order valence-corrected chi connectivity index (χ2v) is 8.83. The number of hydrogen-bond acceptors (Lipinski definition) is 13. The summed E-state index contributed by atoms with van der Waals surface area (Å²) in [4.78, 5) is 12.8. The van der Waals surface area contributed by atoms with E-state index in [2.05, 4.69) is 6.92 Å². The molecule has 13 nitrogen and oxygen atoms in total. The Morgan fingerprint density at radius 1 is 1.03 bits per heavy atom. The van der Waals surface area contributed by atoms with Crippen LogP contribution in [0.3, 0.4) is 0 Å². The molecule has 2 unspecified atom stereocenters. The minimum absolute atomic E-state index is 0.469. The lowest BCUT2D eigenvalue weighted by Gasteiger charge is -2.39. The molecular weight excluding hydrogens is 484 g/mol. The maximum absolute atomic E-state index is 12.8. The summed E-state index contributed by atoms with van der Waals surface area (Å²) in [7, 11) is 0. The summed E-state index contributed by atoms with van der Waals surface area (Å²) in [6.07, 6.45) is -4.87. The van der Waals surface area contributed by atoms with Crippen molar-refractivity contribution in [3.63, 3.8) is 0 Å². The number of esters is 1. The number of unbranched alkanes of at least 4 members (excludes halogenated alkanes) is 4. The van der Waals surface area contributed by atoms with Crippen molar-refractivity contribution in [1.82, 2.24) is 0 Å². The van der Waals surface area contributed by atoms with Gasteiger partial charge in [0.2, 0.25) is 11.9 Å². The highest BCUT2D eigenvalue weighted by Crippen LogP contribution is 2.42. The molecule has 0 bridgehead atoms. The molecule has 36 heavy (non-hydrogen) atoms. The molecule has 0 amide bonds. The van der Waals surface area contributed by atoms with E-state index in [0.717, 1.165) is 25.7 Å². The summed E-state index contributed by atoms with van der Waals surface area (Å²) in [6.45, 7) is -0.353. The van der Waals surface area contributed by atoms with Gasteiger partial charge in [0.05, 0.1) is 32.2 Å². The van der Waals surface area contributed by atoms with Gasteiger partial charge in [0, 0.05) is 6.42 Å². The molecule has 2 rings (SSSR count). The first kappa shape index (κ1) is 30.4. The smallest absolute Gasteiger partial charge is 0.378 e. The molecule has 2 aliphatic rings. The van der Waals surface area contributed by atoms with Crippen molar-refractivity contribution in [2.24, 2.45) is 0 Å². The average Bonchev–Trinajstić information content (AvgIpc) is 3.13. The summed E-state index contributed by atoms with van der Waals surface area (Å²) in [5, 5.41) is 79.4. The quantitative estimate of drug-likeness (QED) is 0.0658.